The van der Waals surface area contributed by atoms with Gasteiger partial charge in [-0.25, -0.2) is 0 Å². The molecule has 0 spiro atoms. The fourth-order valence-corrected chi connectivity index (χ4v) is 1.95. The maximum atomic E-state index is 11.6. The van der Waals surface area contributed by atoms with Crippen molar-refractivity contribution in [3.05, 3.63) is 58.5 Å². The van der Waals surface area contributed by atoms with E-state index in [2.05, 4.69) is 19.9 Å². The summed E-state index contributed by atoms with van der Waals surface area (Å²) in [5.74, 6) is 1.29. The maximum absolute atomic E-state index is 11.6. The standard InChI is InChI=1S/C16H20N2O2/c1-12(2)13-4-3-5-15(10-13)20-9-8-18-11-14(17)6-7-16(18)19/h3-7,10-12H,8-9,17H2,1-2H3. The summed E-state index contributed by atoms with van der Waals surface area (Å²) in [6.07, 6.45) is 1.64. The number of ether oxygens (including phenoxy) is 1. The van der Waals surface area contributed by atoms with Crippen molar-refractivity contribution in [3.8, 4) is 5.75 Å². The lowest BCUT2D eigenvalue weighted by molar-refractivity contribution is 0.296. The van der Waals surface area contributed by atoms with E-state index < -0.39 is 0 Å². The van der Waals surface area contributed by atoms with E-state index in [0.717, 1.165) is 5.75 Å². The second-order valence-electron chi connectivity index (χ2n) is 5.07. The molecule has 0 radical (unpaired) electrons. The SMILES string of the molecule is CC(C)c1cccc(OCCn2cc(N)ccc2=O)c1. The third kappa shape index (κ3) is 3.63. The molecule has 0 fully saturated rings. The first kappa shape index (κ1) is 14.2. The summed E-state index contributed by atoms with van der Waals surface area (Å²) in [4.78, 5) is 11.6. The Bertz CT molecular complexity index is 632. The van der Waals surface area contributed by atoms with Crippen molar-refractivity contribution < 1.29 is 4.74 Å². The molecular formula is C16H20N2O2. The topological polar surface area (TPSA) is 57.2 Å². The van der Waals surface area contributed by atoms with Crippen molar-refractivity contribution in [2.75, 3.05) is 12.3 Å². The molecule has 0 saturated heterocycles. The molecule has 2 aromatic rings. The average Bonchev–Trinajstić information content (AvgIpc) is 2.43. The number of anilines is 1. The van der Waals surface area contributed by atoms with E-state index in [1.165, 1.54) is 11.6 Å². The van der Waals surface area contributed by atoms with Crippen molar-refractivity contribution >= 4 is 5.69 Å². The molecule has 1 aromatic carbocycles. The molecule has 0 amide bonds. The van der Waals surface area contributed by atoms with Crippen molar-refractivity contribution in [1.29, 1.82) is 0 Å². The van der Waals surface area contributed by atoms with Crippen LogP contribution >= 0.6 is 0 Å². The van der Waals surface area contributed by atoms with Crippen molar-refractivity contribution in [3.63, 3.8) is 0 Å². The van der Waals surface area contributed by atoms with Gasteiger partial charge in [-0.3, -0.25) is 4.79 Å². The van der Waals surface area contributed by atoms with E-state index in [-0.39, 0.29) is 5.56 Å². The van der Waals surface area contributed by atoms with Crippen LogP contribution in [0.15, 0.2) is 47.4 Å². The van der Waals surface area contributed by atoms with Crippen LogP contribution in [-0.2, 0) is 6.54 Å². The Morgan fingerprint density at radius 1 is 1.25 bits per heavy atom. The second-order valence-corrected chi connectivity index (χ2v) is 5.07. The number of nitrogen functional groups attached to an aromatic ring is 1. The molecule has 2 rings (SSSR count). The van der Waals surface area contributed by atoms with Crippen LogP contribution in [0.2, 0.25) is 0 Å². The van der Waals surface area contributed by atoms with Gasteiger partial charge in [-0.15, -0.1) is 0 Å². The van der Waals surface area contributed by atoms with Gasteiger partial charge in [0.2, 0.25) is 0 Å². The number of hydrogen-bond acceptors (Lipinski definition) is 3. The summed E-state index contributed by atoms with van der Waals surface area (Å²) in [6, 6.07) is 11.1. The molecule has 0 aliphatic heterocycles. The first-order valence-electron chi connectivity index (χ1n) is 6.75. The summed E-state index contributed by atoms with van der Waals surface area (Å²) < 4.78 is 7.25. The van der Waals surface area contributed by atoms with Gasteiger partial charge in [0.15, 0.2) is 0 Å². The Morgan fingerprint density at radius 3 is 2.80 bits per heavy atom. The predicted molar refractivity (Wildman–Crippen MR) is 81.1 cm³/mol. The molecular weight excluding hydrogens is 252 g/mol. The van der Waals surface area contributed by atoms with Crippen molar-refractivity contribution in [2.24, 2.45) is 0 Å². The van der Waals surface area contributed by atoms with E-state index in [1.54, 1.807) is 16.8 Å². The molecule has 0 bridgehead atoms. The molecule has 106 valence electrons. The van der Waals surface area contributed by atoms with Crippen LogP contribution in [0.5, 0.6) is 5.75 Å². The molecule has 0 aliphatic rings. The lowest BCUT2D eigenvalue weighted by atomic mass is 10.0. The number of hydrogen-bond donors (Lipinski definition) is 1. The van der Waals surface area contributed by atoms with E-state index in [4.69, 9.17) is 10.5 Å². The Labute approximate surface area is 118 Å². The van der Waals surface area contributed by atoms with E-state index >= 15 is 0 Å². The number of rotatable bonds is 5. The molecule has 0 unspecified atom stereocenters. The highest BCUT2D eigenvalue weighted by Crippen LogP contribution is 2.20. The van der Waals surface area contributed by atoms with E-state index in [0.29, 0.717) is 24.8 Å². The monoisotopic (exact) mass is 272 g/mol. The Kier molecular flexibility index (Phi) is 4.45. The lowest BCUT2D eigenvalue weighted by Crippen LogP contribution is -2.22. The highest BCUT2D eigenvalue weighted by Gasteiger charge is 2.02. The Balaban J connectivity index is 1.97. The van der Waals surface area contributed by atoms with Gasteiger partial charge in [-0.2, -0.15) is 0 Å². The minimum atomic E-state index is -0.0706. The highest BCUT2D eigenvalue weighted by molar-refractivity contribution is 5.33. The Hall–Kier alpha value is -2.23. The number of benzene rings is 1. The zero-order chi connectivity index (χ0) is 14.5. The minimum absolute atomic E-state index is 0.0706. The van der Waals surface area contributed by atoms with Gasteiger partial charge in [-0.05, 0) is 29.7 Å². The van der Waals surface area contributed by atoms with Gasteiger partial charge < -0.3 is 15.0 Å². The largest absolute Gasteiger partial charge is 0.492 e. The lowest BCUT2D eigenvalue weighted by Gasteiger charge is -2.11. The molecule has 4 nitrogen and oxygen atoms in total. The van der Waals surface area contributed by atoms with Gasteiger partial charge in [-0.1, -0.05) is 26.0 Å². The molecule has 0 aliphatic carbocycles. The number of nitrogens with zero attached hydrogens (tertiary/aromatic N) is 1. The summed E-state index contributed by atoms with van der Waals surface area (Å²) in [6.45, 7) is 5.21. The van der Waals surface area contributed by atoms with Gasteiger partial charge in [0.25, 0.3) is 5.56 Å². The Morgan fingerprint density at radius 2 is 2.05 bits per heavy atom. The van der Waals surface area contributed by atoms with Crippen LogP contribution in [0.3, 0.4) is 0 Å². The second kappa shape index (κ2) is 6.28. The molecule has 2 N–H and O–H groups in total. The average molecular weight is 272 g/mol. The van der Waals surface area contributed by atoms with Crippen LogP contribution in [0.25, 0.3) is 0 Å². The molecule has 0 saturated carbocycles. The third-order valence-electron chi connectivity index (χ3n) is 3.13. The smallest absolute Gasteiger partial charge is 0.250 e. The van der Waals surface area contributed by atoms with Crippen LogP contribution < -0.4 is 16.0 Å². The van der Waals surface area contributed by atoms with Gasteiger partial charge in [0.05, 0.1) is 6.54 Å². The third-order valence-corrected chi connectivity index (χ3v) is 3.13. The molecule has 1 heterocycles. The minimum Gasteiger partial charge on any atom is -0.492 e. The van der Waals surface area contributed by atoms with Crippen LogP contribution in [0.4, 0.5) is 5.69 Å². The molecule has 4 heteroatoms. The normalized spacial score (nSPS) is 10.8. The first-order chi connectivity index (χ1) is 9.56. The quantitative estimate of drug-likeness (QED) is 0.910. The fraction of sp³-hybridized carbons (Fsp3) is 0.312. The maximum Gasteiger partial charge on any atom is 0.250 e. The first-order valence-corrected chi connectivity index (χ1v) is 6.75. The zero-order valence-electron chi connectivity index (χ0n) is 11.9. The number of aromatic nitrogens is 1. The van der Waals surface area contributed by atoms with Gasteiger partial charge in [0.1, 0.15) is 12.4 Å². The van der Waals surface area contributed by atoms with Gasteiger partial charge >= 0.3 is 0 Å². The van der Waals surface area contributed by atoms with Crippen LogP contribution in [0.1, 0.15) is 25.3 Å². The van der Waals surface area contributed by atoms with E-state index in [1.807, 2.05) is 18.2 Å². The van der Waals surface area contributed by atoms with Crippen LogP contribution in [-0.4, -0.2) is 11.2 Å². The summed E-state index contributed by atoms with van der Waals surface area (Å²) >= 11 is 0. The summed E-state index contributed by atoms with van der Waals surface area (Å²) in [5, 5.41) is 0. The molecule has 1 aromatic heterocycles. The number of nitrogens with two attached hydrogens (primary N) is 1. The van der Waals surface area contributed by atoms with Gasteiger partial charge in [0, 0.05) is 18.0 Å². The summed E-state index contributed by atoms with van der Waals surface area (Å²) in [5.41, 5.74) is 7.41. The fourth-order valence-electron chi connectivity index (χ4n) is 1.95. The predicted octanol–water partition coefficient (Wildman–Crippen LogP) is 2.63. The van der Waals surface area contributed by atoms with Crippen LogP contribution in [0, 0.1) is 0 Å². The van der Waals surface area contributed by atoms with Crippen molar-refractivity contribution in [2.45, 2.75) is 26.3 Å². The zero-order valence-corrected chi connectivity index (χ0v) is 11.9. The molecule has 0 atom stereocenters. The summed E-state index contributed by atoms with van der Waals surface area (Å²) in [7, 11) is 0. The van der Waals surface area contributed by atoms with E-state index in [9.17, 15) is 4.79 Å². The molecule has 20 heavy (non-hydrogen) atoms. The number of pyridine rings is 1. The van der Waals surface area contributed by atoms with Crippen molar-refractivity contribution in [1.82, 2.24) is 4.57 Å². The highest BCUT2D eigenvalue weighted by atomic mass is 16.5.